The van der Waals surface area contributed by atoms with E-state index in [4.69, 9.17) is 10.5 Å². The molecule has 0 radical (unpaired) electrons. The van der Waals surface area contributed by atoms with Crippen LogP contribution in [0.15, 0.2) is 28.7 Å². The van der Waals surface area contributed by atoms with E-state index >= 15 is 0 Å². The number of ether oxygens (including phenoxy) is 1. The standard InChI is InChI=1S/C15H21BrN2O2/c1-10(13-4-3-9-20-13)18-14(19)15(2,17)11-5-7-12(16)8-6-11/h5-8,10,13H,3-4,9,17H2,1-2H3,(H,18,19). The van der Waals surface area contributed by atoms with Gasteiger partial charge in [-0.3, -0.25) is 4.79 Å². The molecule has 1 aromatic carbocycles. The Balaban J connectivity index is 2.04. The summed E-state index contributed by atoms with van der Waals surface area (Å²) in [6, 6.07) is 7.47. The summed E-state index contributed by atoms with van der Waals surface area (Å²) in [5, 5.41) is 2.97. The second kappa shape index (κ2) is 6.24. The van der Waals surface area contributed by atoms with Gasteiger partial charge < -0.3 is 15.8 Å². The number of rotatable bonds is 4. The van der Waals surface area contributed by atoms with Crippen molar-refractivity contribution in [3.05, 3.63) is 34.3 Å². The molecule has 3 atom stereocenters. The first-order valence-corrected chi connectivity index (χ1v) is 7.68. The molecule has 3 unspecified atom stereocenters. The Labute approximate surface area is 128 Å². The Morgan fingerprint density at radius 1 is 1.50 bits per heavy atom. The molecule has 1 aliphatic rings. The van der Waals surface area contributed by atoms with E-state index in [1.54, 1.807) is 6.92 Å². The lowest BCUT2D eigenvalue weighted by atomic mass is 9.91. The highest BCUT2D eigenvalue weighted by Crippen LogP contribution is 2.22. The van der Waals surface area contributed by atoms with Gasteiger partial charge in [-0.05, 0) is 44.4 Å². The molecule has 1 amide bonds. The number of carbonyl (C=O) groups excluding carboxylic acids is 1. The third-order valence-corrected chi connectivity index (χ3v) is 4.33. The molecule has 0 spiro atoms. The summed E-state index contributed by atoms with van der Waals surface area (Å²) in [5.74, 6) is -0.178. The number of nitrogens with two attached hydrogens (primary N) is 1. The Morgan fingerprint density at radius 3 is 2.70 bits per heavy atom. The van der Waals surface area contributed by atoms with Gasteiger partial charge >= 0.3 is 0 Å². The minimum Gasteiger partial charge on any atom is -0.376 e. The summed E-state index contributed by atoms with van der Waals surface area (Å²) < 4.78 is 6.55. The maximum atomic E-state index is 12.4. The molecule has 4 nitrogen and oxygen atoms in total. The highest BCUT2D eigenvalue weighted by atomic mass is 79.9. The van der Waals surface area contributed by atoms with Gasteiger partial charge in [-0.1, -0.05) is 28.1 Å². The van der Waals surface area contributed by atoms with Crippen molar-refractivity contribution in [3.63, 3.8) is 0 Å². The van der Waals surface area contributed by atoms with E-state index in [1.807, 2.05) is 31.2 Å². The maximum Gasteiger partial charge on any atom is 0.244 e. The van der Waals surface area contributed by atoms with Gasteiger partial charge in [0.05, 0.1) is 12.1 Å². The molecule has 5 heteroatoms. The van der Waals surface area contributed by atoms with Crippen LogP contribution in [-0.2, 0) is 15.1 Å². The molecule has 1 fully saturated rings. The van der Waals surface area contributed by atoms with Crippen molar-refractivity contribution in [1.82, 2.24) is 5.32 Å². The second-order valence-electron chi connectivity index (χ2n) is 5.52. The van der Waals surface area contributed by atoms with Crippen molar-refractivity contribution in [2.45, 2.75) is 44.4 Å². The third-order valence-electron chi connectivity index (χ3n) is 3.80. The average molecular weight is 341 g/mol. The Bertz CT molecular complexity index is 467. The Hall–Kier alpha value is -0.910. The number of halogens is 1. The summed E-state index contributed by atoms with van der Waals surface area (Å²) in [6.45, 7) is 4.47. The SMILES string of the molecule is CC(NC(=O)C(C)(N)c1ccc(Br)cc1)C1CCCO1. The van der Waals surface area contributed by atoms with Crippen molar-refractivity contribution >= 4 is 21.8 Å². The minimum atomic E-state index is -1.05. The van der Waals surface area contributed by atoms with Crippen LogP contribution in [0.5, 0.6) is 0 Å². The summed E-state index contributed by atoms with van der Waals surface area (Å²) in [5.41, 5.74) is 5.95. The molecule has 0 bridgehead atoms. The monoisotopic (exact) mass is 340 g/mol. The van der Waals surface area contributed by atoms with Gasteiger partial charge in [0.15, 0.2) is 0 Å². The van der Waals surface area contributed by atoms with Gasteiger partial charge in [-0.15, -0.1) is 0 Å². The number of benzene rings is 1. The second-order valence-corrected chi connectivity index (χ2v) is 6.44. The number of nitrogens with one attached hydrogen (secondary N) is 1. The van der Waals surface area contributed by atoms with Crippen LogP contribution in [0.2, 0.25) is 0 Å². The summed E-state index contributed by atoms with van der Waals surface area (Å²) in [6.07, 6.45) is 2.14. The van der Waals surface area contributed by atoms with Crippen molar-refractivity contribution in [2.24, 2.45) is 5.73 Å². The molecule has 0 aliphatic carbocycles. The van der Waals surface area contributed by atoms with Crippen molar-refractivity contribution in [3.8, 4) is 0 Å². The molecule has 0 saturated carbocycles. The highest BCUT2D eigenvalue weighted by molar-refractivity contribution is 9.10. The molecule has 1 saturated heterocycles. The van der Waals surface area contributed by atoms with Gasteiger partial charge in [0.1, 0.15) is 5.54 Å². The fourth-order valence-corrected chi connectivity index (χ4v) is 2.64. The van der Waals surface area contributed by atoms with E-state index in [0.717, 1.165) is 29.5 Å². The van der Waals surface area contributed by atoms with E-state index in [2.05, 4.69) is 21.2 Å². The zero-order valence-electron chi connectivity index (χ0n) is 11.9. The number of carbonyl (C=O) groups is 1. The zero-order valence-corrected chi connectivity index (χ0v) is 13.4. The van der Waals surface area contributed by atoms with Crippen LogP contribution in [0.25, 0.3) is 0 Å². The average Bonchev–Trinajstić information content (AvgIpc) is 2.93. The van der Waals surface area contributed by atoms with Gasteiger partial charge in [0.25, 0.3) is 0 Å². The van der Waals surface area contributed by atoms with Crippen LogP contribution in [0, 0.1) is 0 Å². The van der Waals surface area contributed by atoms with Gasteiger partial charge in [-0.2, -0.15) is 0 Å². The molecular weight excluding hydrogens is 320 g/mol. The molecule has 110 valence electrons. The van der Waals surface area contributed by atoms with Gasteiger partial charge in [0, 0.05) is 11.1 Å². The third kappa shape index (κ3) is 3.40. The number of hydrogen-bond donors (Lipinski definition) is 2. The number of amides is 1. The molecular formula is C15H21BrN2O2. The summed E-state index contributed by atoms with van der Waals surface area (Å²) >= 11 is 3.38. The minimum absolute atomic E-state index is 0.0247. The molecule has 1 aromatic rings. The molecule has 20 heavy (non-hydrogen) atoms. The molecule has 0 aromatic heterocycles. The first-order chi connectivity index (χ1) is 9.41. The van der Waals surface area contributed by atoms with Crippen molar-refractivity contribution in [1.29, 1.82) is 0 Å². The van der Waals surface area contributed by atoms with Gasteiger partial charge in [-0.25, -0.2) is 0 Å². The van der Waals surface area contributed by atoms with E-state index in [1.165, 1.54) is 0 Å². The van der Waals surface area contributed by atoms with Crippen LogP contribution in [0.4, 0.5) is 0 Å². The van der Waals surface area contributed by atoms with Crippen molar-refractivity contribution in [2.75, 3.05) is 6.61 Å². The Morgan fingerprint density at radius 2 is 2.15 bits per heavy atom. The molecule has 2 rings (SSSR count). The molecule has 3 N–H and O–H groups in total. The molecule has 1 heterocycles. The van der Waals surface area contributed by atoms with Gasteiger partial charge in [0.2, 0.25) is 5.91 Å². The van der Waals surface area contributed by atoms with E-state index in [0.29, 0.717) is 0 Å². The fraction of sp³-hybridized carbons (Fsp3) is 0.533. The lowest BCUT2D eigenvalue weighted by Crippen LogP contribution is -2.53. The predicted molar refractivity (Wildman–Crippen MR) is 82.3 cm³/mol. The zero-order chi connectivity index (χ0) is 14.8. The predicted octanol–water partition coefficient (Wildman–Crippen LogP) is 2.31. The molecule has 1 aliphatic heterocycles. The van der Waals surface area contributed by atoms with Crippen LogP contribution in [0.3, 0.4) is 0 Å². The fourth-order valence-electron chi connectivity index (χ4n) is 2.37. The smallest absolute Gasteiger partial charge is 0.244 e. The van der Waals surface area contributed by atoms with E-state index in [-0.39, 0.29) is 18.1 Å². The Kier molecular flexibility index (Phi) is 4.83. The topological polar surface area (TPSA) is 64.4 Å². The lowest BCUT2D eigenvalue weighted by Gasteiger charge is -2.28. The van der Waals surface area contributed by atoms with Crippen LogP contribution >= 0.6 is 15.9 Å². The van der Waals surface area contributed by atoms with Crippen LogP contribution in [-0.4, -0.2) is 24.7 Å². The van der Waals surface area contributed by atoms with Crippen LogP contribution < -0.4 is 11.1 Å². The quantitative estimate of drug-likeness (QED) is 0.883. The highest BCUT2D eigenvalue weighted by Gasteiger charge is 2.33. The summed E-state index contributed by atoms with van der Waals surface area (Å²) in [4.78, 5) is 12.4. The van der Waals surface area contributed by atoms with E-state index in [9.17, 15) is 4.79 Å². The maximum absolute atomic E-state index is 12.4. The largest absolute Gasteiger partial charge is 0.376 e. The summed E-state index contributed by atoms with van der Waals surface area (Å²) in [7, 11) is 0. The normalized spacial score (nSPS) is 23.1. The lowest BCUT2D eigenvalue weighted by molar-refractivity contribution is -0.127. The van der Waals surface area contributed by atoms with Crippen molar-refractivity contribution < 1.29 is 9.53 Å². The van der Waals surface area contributed by atoms with E-state index < -0.39 is 5.54 Å². The number of hydrogen-bond acceptors (Lipinski definition) is 3. The first-order valence-electron chi connectivity index (χ1n) is 6.89. The van der Waals surface area contributed by atoms with Crippen LogP contribution in [0.1, 0.15) is 32.3 Å². The first kappa shape index (κ1) is 15.5.